The van der Waals surface area contributed by atoms with E-state index >= 15 is 0 Å². The molecule has 24 heavy (non-hydrogen) atoms. The molecule has 3 aliphatic heterocycles. The van der Waals surface area contributed by atoms with Gasteiger partial charge in [0.05, 0.1) is 12.1 Å². The fourth-order valence-corrected chi connectivity index (χ4v) is 2.70. The average molecular weight is 375 g/mol. The zero-order valence-electron chi connectivity index (χ0n) is 14.8. The first-order valence-corrected chi connectivity index (χ1v) is 8.55. The Morgan fingerprint density at radius 3 is 1.62 bits per heavy atom. The van der Waals surface area contributed by atoms with Gasteiger partial charge >= 0.3 is 0 Å². The third-order valence-electron chi connectivity index (χ3n) is 4.43. The summed E-state index contributed by atoms with van der Waals surface area (Å²) in [6.45, 7) is 10.0. The zero-order valence-corrected chi connectivity index (χ0v) is 15.8. The smallest absolute Gasteiger partial charge is 0.207 e. The molecule has 0 aliphatic carbocycles. The second-order valence-electron chi connectivity index (χ2n) is 7.06. The fourth-order valence-electron chi connectivity index (χ4n) is 2.70. The zero-order chi connectivity index (χ0) is 16.4. The van der Waals surface area contributed by atoms with Gasteiger partial charge in [-0.2, -0.15) is 11.4 Å². The van der Waals surface area contributed by atoms with Crippen LogP contribution in [0.15, 0.2) is 33.5 Å². The number of aliphatic imine (C=N–C) groups is 2. The average Bonchev–Trinajstić information content (AvgIpc) is 3.21. The Kier molecular flexibility index (Phi) is 6.50. The Hall–Kier alpha value is -1.29. The molecule has 0 aromatic carbocycles. The van der Waals surface area contributed by atoms with Crippen molar-refractivity contribution in [3.63, 3.8) is 0 Å². The van der Waals surface area contributed by atoms with Crippen molar-refractivity contribution in [3.05, 3.63) is 28.9 Å². The van der Waals surface area contributed by atoms with Crippen LogP contribution in [0.2, 0.25) is 0 Å². The molecule has 1 saturated heterocycles. The van der Waals surface area contributed by atoms with Crippen molar-refractivity contribution >= 4 is 11.8 Å². The van der Waals surface area contributed by atoms with Crippen LogP contribution in [-0.4, -0.2) is 37.1 Å². The summed E-state index contributed by atoms with van der Waals surface area (Å²) in [5.74, 6) is 2.46. The molecule has 1 fully saturated rings. The third kappa shape index (κ3) is 4.63. The number of ether oxygens (including phenoxy) is 2. The number of allylic oxidation sites excluding steroid dienone is 2. The molecule has 0 amide bonds. The van der Waals surface area contributed by atoms with Gasteiger partial charge in [0.2, 0.25) is 11.8 Å². The van der Waals surface area contributed by atoms with E-state index in [1.165, 1.54) is 0 Å². The molecule has 0 unspecified atom stereocenters. The molecule has 3 heterocycles. The first-order valence-electron chi connectivity index (χ1n) is 8.55. The summed E-state index contributed by atoms with van der Waals surface area (Å²) >= 11 is 0. The molecule has 0 N–H and O–H groups in total. The fraction of sp³-hybridized carbons (Fsp3) is 0.667. The van der Waals surface area contributed by atoms with Crippen molar-refractivity contribution in [2.24, 2.45) is 21.8 Å². The molecule has 0 bridgehead atoms. The first kappa shape index (κ1) is 19.0. The van der Waals surface area contributed by atoms with Gasteiger partial charge in [0.1, 0.15) is 13.2 Å². The standard InChI is InChI=1S/C18H26N3O2.Ni/c1-11(2)15-9-22-17(20-15)7-13-5-6-14(19-13)8-18-21-16(10-23-18)12(3)4;/h7-8,11-12,15-16H,5-6,9-10H2,1-4H3;/q-1;/b13-7-,14-8-;/t15-,16-;/m1./s1. The topological polar surface area (TPSA) is 57.3 Å². The summed E-state index contributed by atoms with van der Waals surface area (Å²) < 4.78 is 11.3. The second kappa shape index (κ2) is 8.20. The summed E-state index contributed by atoms with van der Waals surface area (Å²) in [4.78, 5) is 9.20. The molecule has 3 rings (SSSR count). The van der Waals surface area contributed by atoms with E-state index in [-0.39, 0.29) is 28.6 Å². The Balaban J connectivity index is 0.00000208. The Morgan fingerprint density at radius 2 is 1.29 bits per heavy atom. The van der Waals surface area contributed by atoms with Crippen molar-refractivity contribution in [3.8, 4) is 0 Å². The van der Waals surface area contributed by atoms with E-state index in [1.807, 2.05) is 12.2 Å². The maximum Gasteiger partial charge on any atom is 0.207 e. The summed E-state index contributed by atoms with van der Waals surface area (Å²) in [6, 6.07) is 0.542. The maximum absolute atomic E-state index is 5.64. The van der Waals surface area contributed by atoms with Crippen molar-refractivity contribution < 1.29 is 26.0 Å². The van der Waals surface area contributed by atoms with Gasteiger partial charge in [-0.15, -0.1) is 0 Å². The number of hydrogen-bond donors (Lipinski definition) is 0. The quantitative estimate of drug-likeness (QED) is 0.702. The summed E-state index contributed by atoms with van der Waals surface area (Å²) in [7, 11) is 0. The van der Waals surface area contributed by atoms with Crippen LogP contribution in [0.5, 0.6) is 0 Å². The Morgan fingerprint density at radius 1 is 0.875 bits per heavy atom. The van der Waals surface area contributed by atoms with Crippen LogP contribution in [0.1, 0.15) is 40.5 Å². The predicted octanol–water partition coefficient (Wildman–Crippen LogP) is 3.83. The minimum atomic E-state index is 0. The minimum absolute atomic E-state index is 0. The molecule has 0 radical (unpaired) electrons. The number of rotatable bonds is 4. The van der Waals surface area contributed by atoms with Gasteiger partial charge in [0, 0.05) is 16.5 Å². The molecule has 0 spiro atoms. The molecule has 0 aromatic rings. The molecule has 0 aromatic heterocycles. The van der Waals surface area contributed by atoms with E-state index in [2.05, 4.69) is 43.0 Å². The molecule has 0 saturated carbocycles. The minimum Gasteiger partial charge on any atom is -0.664 e. The van der Waals surface area contributed by atoms with Crippen LogP contribution in [0.25, 0.3) is 5.32 Å². The van der Waals surface area contributed by atoms with Crippen LogP contribution >= 0.6 is 0 Å². The summed E-state index contributed by atoms with van der Waals surface area (Å²) in [5.41, 5.74) is 2.05. The summed E-state index contributed by atoms with van der Waals surface area (Å²) in [6.07, 6.45) is 5.78. The molecule has 136 valence electrons. The molecular weight excluding hydrogens is 349 g/mol. The SMILES string of the molecule is CC(C)[C@H]1COC(/C=C2/CC/C(=C/C3=N[C@@H](C(C)C)CO3)[N-]2)=N1.[Ni]. The predicted molar refractivity (Wildman–Crippen MR) is 92.8 cm³/mol. The van der Waals surface area contributed by atoms with Crippen molar-refractivity contribution in [2.75, 3.05) is 13.2 Å². The van der Waals surface area contributed by atoms with Crippen LogP contribution in [0, 0.1) is 11.8 Å². The van der Waals surface area contributed by atoms with Crippen molar-refractivity contribution in [1.82, 2.24) is 0 Å². The van der Waals surface area contributed by atoms with Gasteiger partial charge in [0.15, 0.2) is 0 Å². The number of nitrogens with zero attached hydrogens (tertiary/aromatic N) is 3. The molecule has 3 aliphatic rings. The van der Waals surface area contributed by atoms with Crippen LogP contribution in [0.3, 0.4) is 0 Å². The van der Waals surface area contributed by atoms with E-state index < -0.39 is 0 Å². The largest absolute Gasteiger partial charge is 0.664 e. The van der Waals surface area contributed by atoms with Crippen LogP contribution < -0.4 is 0 Å². The van der Waals surface area contributed by atoms with Crippen LogP contribution in [0.4, 0.5) is 0 Å². The molecule has 5 nitrogen and oxygen atoms in total. The first-order chi connectivity index (χ1) is 11.0. The van der Waals surface area contributed by atoms with E-state index in [0.717, 1.165) is 36.0 Å². The normalized spacial score (nSPS) is 29.4. The molecular formula is C18H26N3NiO2-. The maximum atomic E-state index is 5.64. The van der Waals surface area contributed by atoms with E-state index in [1.54, 1.807) is 0 Å². The van der Waals surface area contributed by atoms with Gasteiger partial charge < -0.3 is 14.8 Å². The van der Waals surface area contributed by atoms with Crippen molar-refractivity contribution in [1.29, 1.82) is 0 Å². The van der Waals surface area contributed by atoms with Crippen LogP contribution in [-0.2, 0) is 26.0 Å². The van der Waals surface area contributed by atoms with Gasteiger partial charge in [-0.3, -0.25) is 0 Å². The number of hydrogen-bond acceptors (Lipinski definition) is 4. The van der Waals surface area contributed by atoms with Gasteiger partial charge in [-0.25, -0.2) is 9.98 Å². The van der Waals surface area contributed by atoms with E-state index in [0.29, 0.717) is 25.0 Å². The van der Waals surface area contributed by atoms with Gasteiger partial charge in [0.25, 0.3) is 0 Å². The molecule has 6 heteroatoms. The van der Waals surface area contributed by atoms with E-state index in [4.69, 9.17) is 9.47 Å². The van der Waals surface area contributed by atoms with Crippen molar-refractivity contribution in [2.45, 2.75) is 52.6 Å². The summed E-state index contributed by atoms with van der Waals surface area (Å²) in [5, 5.41) is 4.66. The van der Waals surface area contributed by atoms with Gasteiger partial charge in [-0.05, 0) is 36.8 Å². The monoisotopic (exact) mass is 374 g/mol. The van der Waals surface area contributed by atoms with E-state index in [9.17, 15) is 0 Å². The third-order valence-corrected chi connectivity index (χ3v) is 4.43. The Labute approximate surface area is 154 Å². The second-order valence-corrected chi connectivity index (χ2v) is 7.06. The molecule has 2 atom stereocenters. The van der Waals surface area contributed by atoms with Gasteiger partial charge in [-0.1, -0.05) is 27.7 Å². The Bertz CT molecular complexity index is 529.